The first-order valence-corrected chi connectivity index (χ1v) is 9.53. The lowest BCUT2D eigenvalue weighted by atomic mass is 10.1. The molecule has 28 heavy (non-hydrogen) atoms. The maximum atomic E-state index is 12.7. The number of methoxy groups -OCH3 is 1. The number of amides is 2. The van der Waals surface area contributed by atoms with Gasteiger partial charge in [-0.1, -0.05) is 18.2 Å². The van der Waals surface area contributed by atoms with Gasteiger partial charge in [0.15, 0.2) is 0 Å². The molecule has 6 heteroatoms. The van der Waals surface area contributed by atoms with E-state index in [1.807, 2.05) is 48.2 Å². The molecular formula is C22H26N2O4. The molecule has 6 nitrogen and oxygen atoms in total. The van der Waals surface area contributed by atoms with Crippen LogP contribution >= 0.6 is 0 Å². The van der Waals surface area contributed by atoms with Crippen LogP contribution < -0.4 is 9.47 Å². The average molecular weight is 382 g/mol. The second kappa shape index (κ2) is 9.26. The van der Waals surface area contributed by atoms with Crippen molar-refractivity contribution in [1.82, 2.24) is 9.80 Å². The van der Waals surface area contributed by atoms with Crippen molar-refractivity contribution in [3.05, 3.63) is 59.7 Å². The van der Waals surface area contributed by atoms with Gasteiger partial charge in [-0.25, -0.2) is 0 Å². The van der Waals surface area contributed by atoms with E-state index in [1.165, 1.54) is 0 Å². The van der Waals surface area contributed by atoms with Crippen LogP contribution in [0.3, 0.4) is 0 Å². The summed E-state index contributed by atoms with van der Waals surface area (Å²) in [6.07, 6.45) is 0.357. The van der Waals surface area contributed by atoms with Crippen molar-refractivity contribution < 1.29 is 19.1 Å². The Morgan fingerprint density at radius 1 is 0.929 bits per heavy atom. The summed E-state index contributed by atoms with van der Waals surface area (Å²) in [6.45, 7) is 4.72. The van der Waals surface area contributed by atoms with E-state index in [0.29, 0.717) is 50.5 Å². The number of hydrogen-bond acceptors (Lipinski definition) is 4. The summed E-state index contributed by atoms with van der Waals surface area (Å²) in [5, 5.41) is 0. The van der Waals surface area contributed by atoms with Crippen LogP contribution in [-0.2, 0) is 11.2 Å². The molecule has 148 valence electrons. The van der Waals surface area contributed by atoms with E-state index in [9.17, 15) is 9.59 Å². The van der Waals surface area contributed by atoms with Crippen molar-refractivity contribution in [1.29, 1.82) is 0 Å². The molecule has 0 atom stereocenters. The predicted octanol–water partition coefficient (Wildman–Crippen LogP) is 2.62. The minimum absolute atomic E-state index is 0.0301. The summed E-state index contributed by atoms with van der Waals surface area (Å²) in [6, 6.07) is 14.8. The highest BCUT2D eigenvalue weighted by molar-refractivity contribution is 5.94. The van der Waals surface area contributed by atoms with Gasteiger partial charge in [0.25, 0.3) is 5.91 Å². The molecule has 0 spiro atoms. The van der Waals surface area contributed by atoms with Gasteiger partial charge in [-0.15, -0.1) is 0 Å². The zero-order chi connectivity index (χ0) is 19.9. The zero-order valence-electron chi connectivity index (χ0n) is 16.4. The largest absolute Gasteiger partial charge is 0.497 e. The summed E-state index contributed by atoms with van der Waals surface area (Å²) >= 11 is 0. The van der Waals surface area contributed by atoms with Gasteiger partial charge in [0.1, 0.15) is 11.5 Å². The number of ether oxygens (including phenoxy) is 2. The molecule has 3 rings (SSSR count). The lowest BCUT2D eigenvalue weighted by molar-refractivity contribution is -0.131. The van der Waals surface area contributed by atoms with Gasteiger partial charge in [-0.05, 0) is 42.8 Å². The van der Waals surface area contributed by atoms with Crippen LogP contribution in [0.5, 0.6) is 11.5 Å². The second-order valence-electron chi connectivity index (χ2n) is 6.66. The first kappa shape index (κ1) is 19.7. The number of nitrogens with zero attached hydrogens (tertiary/aromatic N) is 2. The third-order valence-corrected chi connectivity index (χ3v) is 4.83. The highest BCUT2D eigenvalue weighted by Gasteiger charge is 2.25. The average Bonchev–Trinajstić information content (AvgIpc) is 2.75. The highest BCUT2D eigenvalue weighted by atomic mass is 16.5. The Bertz CT molecular complexity index is 812. The fourth-order valence-corrected chi connectivity index (χ4v) is 3.25. The van der Waals surface area contributed by atoms with Crippen molar-refractivity contribution in [2.24, 2.45) is 0 Å². The zero-order valence-corrected chi connectivity index (χ0v) is 16.4. The Balaban J connectivity index is 1.52. The topological polar surface area (TPSA) is 59.1 Å². The number of carbonyl (C=O) groups is 2. The predicted molar refractivity (Wildman–Crippen MR) is 107 cm³/mol. The van der Waals surface area contributed by atoms with Crippen LogP contribution in [0.2, 0.25) is 0 Å². The Morgan fingerprint density at radius 2 is 1.61 bits per heavy atom. The first-order valence-electron chi connectivity index (χ1n) is 9.53. The van der Waals surface area contributed by atoms with Crippen LogP contribution in [0.4, 0.5) is 0 Å². The number of benzene rings is 2. The monoisotopic (exact) mass is 382 g/mol. The quantitative estimate of drug-likeness (QED) is 0.771. The molecule has 1 fully saturated rings. The molecule has 0 unspecified atom stereocenters. The van der Waals surface area contributed by atoms with Gasteiger partial charge in [-0.2, -0.15) is 0 Å². The Hall–Kier alpha value is -3.02. The van der Waals surface area contributed by atoms with Crippen molar-refractivity contribution in [3.63, 3.8) is 0 Å². The molecule has 0 aliphatic carbocycles. The van der Waals surface area contributed by atoms with Crippen LogP contribution in [0, 0.1) is 0 Å². The van der Waals surface area contributed by atoms with Crippen molar-refractivity contribution in [2.45, 2.75) is 13.3 Å². The SMILES string of the molecule is CCOc1ccc(CC(=O)N2CCN(C(=O)c3cccc(OC)c3)CC2)cc1. The molecule has 1 saturated heterocycles. The Morgan fingerprint density at radius 3 is 2.25 bits per heavy atom. The Labute approximate surface area is 165 Å². The number of rotatable bonds is 6. The molecule has 1 heterocycles. The summed E-state index contributed by atoms with van der Waals surface area (Å²) < 4.78 is 10.6. The third kappa shape index (κ3) is 4.82. The summed E-state index contributed by atoms with van der Waals surface area (Å²) in [5.74, 6) is 1.52. The molecular weight excluding hydrogens is 356 g/mol. The van der Waals surface area contributed by atoms with Gasteiger partial charge in [0, 0.05) is 31.7 Å². The Kier molecular flexibility index (Phi) is 6.53. The summed E-state index contributed by atoms with van der Waals surface area (Å²) in [7, 11) is 1.58. The first-order chi connectivity index (χ1) is 13.6. The van der Waals surface area contributed by atoms with Gasteiger partial charge in [0.05, 0.1) is 20.1 Å². The molecule has 2 amide bonds. The third-order valence-electron chi connectivity index (χ3n) is 4.83. The van der Waals surface area contributed by atoms with Crippen LogP contribution in [0.25, 0.3) is 0 Å². The van der Waals surface area contributed by atoms with Gasteiger partial charge in [-0.3, -0.25) is 9.59 Å². The highest BCUT2D eigenvalue weighted by Crippen LogP contribution is 2.17. The van der Waals surface area contributed by atoms with Crippen LogP contribution in [0.1, 0.15) is 22.8 Å². The van der Waals surface area contributed by atoms with Gasteiger partial charge in [0.2, 0.25) is 5.91 Å². The van der Waals surface area contributed by atoms with Crippen LogP contribution in [0.15, 0.2) is 48.5 Å². The molecule has 0 bridgehead atoms. The minimum Gasteiger partial charge on any atom is -0.497 e. The normalized spacial score (nSPS) is 13.9. The fourth-order valence-electron chi connectivity index (χ4n) is 3.25. The van der Waals surface area contributed by atoms with E-state index in [-0.39, 0.29) is 11.8 Å². The van der Waals surface area contributed by atoms with Crippen LogP contribution in [-0.4, -0.2) is 61.5 Å². The van der Waals surface area contributed by atoms with E-state index in [1.54, 1.807) is 24.1 Å². The standard InChI is InChI=1S/C22H26N2O4/c1-3-28-19-9-7-17(8-10-19)15-21(25)23-11-13-24(14-12-23)22(26)18-5-4-6-20(16-18)27-2/h4-10,16H,3,11-15H2,1-2H3. The smallest absolute Gasteiger partial charge is 0.254 e. The van der Waals surface area contributed by atoms with Gasteiger partial charge >= 0.3 is 0 Å². The van der Waals surface area contributed by atoms with Crippen molar-refractivity contribution in [2.75, 3.05) is 39.9 Å². The lowest BCUT2D eigenvalue weighted by Crippen LogP contribution is -2.51. The van der Waals surface area contributed by atoms with Crippen molar-refractivity contribution >= 4 is 11.8 Å². The summed E-state index contributed by atoms with van der Waals surface area (Å²) in [5.41, 5.74) is 1.57. The van der Waals surface area contributed by atoms with E-state index < -0.39 is 0 Å². The molecule has 0 saturated carbocycles. The van der Waals surface area contributed by atoms with E-state index >= 15 is 0 Å². The number of piperazine rings is 1. The van der Waals surface area contributed by atoms with Crippen molar-refractivity contribution in [3.8, 4) is 11.5 Å². The number of carbonyl (C=O) groups excluding carboxylic acids is 2. The van der Waals surface area contributed by atoms with E-state index in [0.717, 1.165) is 11.3 Å². The minimum atomic E-state index is -0.0301. The maximum Gasteiger partial charge on any atom is 0.254 e. The summed E-state index contributed by atoms with van der Waals surface area (Å²) in [4.78, 5) is 28.9. The molecule has 1 aliphatic heterocycles. The molecule has 0 aromatic heterocycles. The molecule has 1 aliphatic rings. The molecule has 2 aromatic rings. The lowest BCUT2D eigenvalue weighted by Gasteiger charge is -2.35. The maximum absolute atomic E-state index is 12.7. The fraction of sp³-hybridized carbons (Fsp3) is 0.364. The molecule has 0 radical (unpaired) electrons. The van der Waals surface area contributed by atoms with E-state index in [2.05, 4.69) is 0 Å². The number of hydrogen-bond donors (Lipinski definition) is 0. The molecule has 0 N–H and O–H groups in total. The second-order valence-corrected chi connectivity index (χ2v) is 6.66. The van der Waals surface area contributed by atoms with E-state index in [4.69, 9.17) is 9.47 Å². The molecule has 2 aromatic carbocycles. The van der Waals surface area contributed by atoms with Gasteiger partial charge < -0.3 is 19.3 Å².